The van der Waals surface area contributed by atoms with Crippen LogP contribution >= 0.6 is 0 Å². The van der Waals surface area contributed by atoms with Crippen molar-refractivity contribution in [2.75, 3.05) is 13.3 Å². The van der Waals surface area contributed by atoms with Crippen molar-refractivity contribution in [3.63, 3.8) is 0 Å². The first-order chi connectivity index (χ1) is 5.72. The first-order valence-corrected chi connectivity index (χ1v) is 5.28. The summed E-state index contributed by atoms with van der Waals surface area (Å²) in [6.45, 7) is 1.94. The first-order valence-electron chi connectivity index (χ1n) is 3.72. The highest BCUT2D eigenvalue weighted by Crippen LogP contribution is 1.99. The van der Waals surface area contributed by atoms with Crippen molar-refractivity contribution in [2.24, 2.45) is 0 Å². The molecule has 0 aromatic rings. The van der Waals surface area contributed by atoms with Crippen LogP contribution in [0.25, 0.3) is 0 Å². The minimum absolute atomic E-state index is 0.788. The van der Waals surface area contributed by atoms with Crippen LogP contribution in [0, 0.1) is 0 Å². The molecular formula is C9H15NOS. The van der Waals surface area contributed by atoms with Crippen LogP contribution in [-0.4, -0.2) is 17.5 Å². The van der Waals surface area contributed by atoms with Gasteiger partial charge in [0.2, 0.25) is 0 Å². The van der Waals surface area contributed by atoms with E-state index in [-0.39, 0.29) is 0 Å². The van der Waals surface area contributed by atoms with E-state index in [1.165, 1.54) is 0 Å². The molecule has 0 aromatic heterocycles. The van der Waals surface area contributed by atoms with Gasteiger partial charge in [-0.25, -0.2) is 0 Å². The van der Waals surface area contributed by atoms with Gasteiger partial charge in [-0.1, -0.05) is 18.2 Å². The van der Waals surface area contributed by atoms with E-state index in [4.69, 9.17) is 0 Å². The zero-order valence-corrected chi connectivity index (χ0v) is 8.52. The van der Waals surface area contributed by atoms with Crippen LogP contribution in [0.3, 0.4) is 0 Å². The molecule has 0 aliphatic carbocycles. The largest absolute Gasteiger partial charge is 0.393 e. The summed E-state index contributed by atoms with van der Waals surface area (Å²) >= 11 is 0. The second-order valence-corrected chi connectivity index (χ2v) is 3.55. The van der Waals surface area contributed by atoms with Crippen molar-refractivity contribution in [1.29, 1.82) is 0 Å². The fraction of sp³-hybridized carbons (Fsp3) is 0.333. The molecule has 1 unspecified atom stereocenters. The van der Waals surface area contributed by atoms with E-state index in [0.717, 1.165) is 4.91 Å². The third kappa shape index (κ3) is 4.91. The molecule has 2 nitrogen and oxygen atoms in total. The van der Waals surface area contributed by atoms with Crippen molar-refractivity contribution in [3.05, 3.63) is 35.4 Å². The lowest BCUT2D eigenvalue weighted by molar-refractivity contribution is 0.690. The van der Waals surface area contributed by atoms with Gasteiger partial charge in [0.25, 0.3) is 0 Å². The maximum Gasteiger partial charge on any atom is 0.0541 e. The van der Waals surface area contributed by atoms with Gasteiger partial charge >= 0.3 is 0 Å². The fourth-order valence-corrected chi connectivity index (χ4v) is 1.18. The lowest BCUT2D eigenvalue weighted by Crippen LogP contribution is -1.98. The summed E-state index contributed by atoms with van der Waals surface area (Å²) in [5.74, 6) is 0. The molecule has 12 heavy (non-hydrogen) atoms. The highest BCUT2D eigenvalue weighted by atomic mass is 32.2. The lowest BCUT2D eigenvalue weighted by Gasteiger charge is -1.95. The zero-order valence-electron chi connectivity index (χ0n) is 7.70. The van der Waals surface area contributed by atoms with Crippen molar-refractivity contribution in [3.8, 4) is 0 Å². The first kappa shape index (κ1) is 11.2. The third-order valence-electron chi connectivity index (χ3n) is 1.18. The Labute approximate surface area is 76.5 Å². The van der Waals surface area contributed by atoms with E-state index < -0.39 is 10.8 Å². The third-order valence-corrected chi connectivity index (χ3v) is 2.10. The maximum absolute atomic E-state index is 11.1. The van der Waals surface area contributed by atoms with Gasteiger partial charge in [-0.05, 0) is 13.0 Å². The fourth-order valence-electron chi connectivity index (χ4n) is 0.631. The van der Waals surface area contributed by atoms with E-state index in [1.54, 1.807) is 19.5 Å². The summed E-state index contributed by atoms with van der Waals surface area (Å²) in [7, 11) is 0.859. The van der Waals surface area contributed by atoms with Gasteiger partial charge in [0.15, 0.2) is 0 Å². The van der Waals surface area contributed by atoms with Crippen molar-refractivity contribution in [1.82, 2.24) is 5.32 Å². The van der Waals surface area contributed by atoms with Gasteiger partial charge < -0.3 is 5.32 Å². The monoisotopic (exact) mass is 185 g/mol. The van der Waals surface area contributed by atoms with E-state index in [9.17, 15) is 4.21 Å². The molecule has 0 spiro atoms. The molecular weight excluding hydrogens is 170 g/mol. The summed E-state index contributed by atoms with van der Waals surface area (Å²) in [6, 6.07) is 0. The highest BCUT2D eigenvalue weighted by Gasteiger charge is 1.93. The Bertz CT molecular complexity index is 229. The average Bonchev–Trinajstić information content (AvgIpc) is 2.03. The van der Waals surface area contributed by atoms with Gasteiger partial charge in [0.05, 0.1) is 15.7 Å². The Morgan fingerprint density at radius 1 is 1.42 bits per heavy atom. The molecule has 1 N–H and O–H groups in total. The van der Waals surface area contributed by atoms with Gasteiger partial charge in [-0.3, -0.25) is 4.21 Å². The number of hydrogen-bond donors (Lipinski definition) is 1. The van der Waals surface area contributed by atoms with Crippen LogP contribution in [0.1, 0.15) is 6.92 Å². The Hall–Kier alpha value is -0.830. The number of allylic oxidation sites excluding steroid dienone is 4. The minimum Gasteiger partial charge on any atom is -0.393 e. The molecule has 0 rings (SSSR count). The van der Waals surface area contributed by atoms with Crippen LogP contribution in [0.5, 0.6) is 0 Å². The Morgan fingerprint density at radius 3 is 2.50 bits per heavy atom. The molecule has 0 aliphatic rings. The molecule has 0 bridgehead atoms. The van der Waals surface area contributed by atoms with Gasteiger partial charge in [0.1, 0.15) is 0 Å². The second kappa shape index (κ2) is 6.85. The molecule has 0 aliphatic heterocycles. The summed E-state index contributed by atoms with van der Waals surface area (Å²) in [5, 5.41) is 2.85. The summed E-state index contributed by atoms with van der Waals surface area (Å²) in [4.78, 5) is 0.788. The number of hydrogen-bond acceptors (Lipinski definition) is 2. The van der Waals surface area contributed by atoms with Crippen molar-refractivity contribution >= 4 is 10.8 Å². The van der Waals surface area contributed by atoms with Crippen LogP contribution in [0.2, 0.25) is 0 Å². The molecule has 0 amide bonds. The predicted octanol–water partition coefficient (Wildman–Crippen LogP) is 1.56. The number of rotatable bonds is 4. The van der Waals surface area contributed by atoms with Crippen molar-refractivity contribution < 1.29 is 4.21 Å². The smallest absolute Gasteiger partial charge is 0.0541 e. The van der Waals surface area contributed by atoms with Crippen LogP contribution in [0.4, 0.5) is 0 Å². The molecule has 0 aromatic carbocycles. The van der Waals surface area contributed by atoms with E-state index >= 15 is 0 Å². The Kier molecular flexibility index (Phi) is 6.38. The van der Waals surface area contributed by atoms with Crippen LogP contribution in [0.15, 0.2) is 35.4 Å². The van der Waals surface area contributed by atoms with E-state index in [1.807, 2.05) is 31.2 Å². The Balaban J connectivity index is 4.34. The van der Waals surface area contributed by atoms with Crippen molar-refractivity contribution in [2.45, 2.75) is 6.92 Å². The molecule has 0 fully saturated rings. The average molecular weight is 185 g/mol. The topological polar surface area (TPSA) is 29.1 Å². The van der Waals surface area contributed by atoms with E-state index in [0.29, 0.717) is 0 Å². The minimum atomic E-state index is -0.929. The van der Waals surface area contributed by atoms with Crippen LogP contribution < -0.4 is 5.32 Å². The SMILES string of the molecule is C\C=C/C=C\C(=C\NC)S(C)=O. The Morgan fingerprint density at radius 2 is 2.08 bits per heavy atom. The molecule has 68 valence electrons. The van der Waals surface area contributed by atoms with Gasteiger partial charge in [0, 0.05) is 19.5 Å². The lowest BCUT2D eigenvalue weighted by atomic mass is 10.4. The zero-order chi connectivity index (χ0) is 9.40. The standard InChI is InChI=1S/C9H15NOS/c1-4-5-6-7-9(8-10-2)12(3)11/h4-8,10H,1-3H3/b5-4-,7-6-,9-8-. The van der Waals surface area contributed by atoms with E-state index in [2.05, 4.69) is 5.32 Å². The second-order valence-electron chi connectivity index (χ2n) is 2.17. The predicted molar refractivity (Wildman–Crippen MR) is 55.2 cm³/mol. The van der Waals surface area contributed by atoms with Crippen LogP contribution in [-0.2, 0) is 10.8 Å². The number of nitrogens with one attached hydrogen (secondary N) is 1. The quantitative estimate of drug-likeness (QED) is 0.673. The highest BCUT2D eigenvalue weighted by molar-refractivity contribution is 7.88. The van der Waals surface area contributed by atoms with Gasteiger partial charge in [-0.2, -0.15) is 0 Å². The summed E-state index contributed by atoms with van der Waals surface area (Å²) in [6.07, 6.45) is 10.9. The summed E-state index contributed by atoms with van der Waals surface area (Å²) < 4.78 is 11.1. The van der Waals surface area contributed by atoms with Gasteiger partial charge in [-0.15, -0.1) is 0 Å². The molecule has 0 saturated heterocycles. The normalized spacial score (nSPS) is 15.8. The molecule has 0 heterocycles. The molecule has 1 atom stereocenters. The molecule has 0 radical (unpaired) electrons. The molecule has 0 saturated carbocycles. The maximum atomic E-state index is 11.1. The molecule has 3 heteroatoms. The summed E-state index contributed by atoms with van der Waals surface area (Å²) in [5.41, 5.74) is 0.